The van der Waals surface area contributed by atoms with E-state index < -0.39 is 5.54 Å². The van der Waals surface area contributed by atoms with Crippen molar-refractivity contribution in [1.82, 2.24) is 14.8 Å². The predicted octanol–water partition coefficient (Wildman–Crippen LogP) is 5.83. The molecule has 6 heteroatoms. The quantitative estimate of drug-likeness (QED) is 0.470. The number of nitrogens with one attached hydrogen (secondary N) is 1. The maximum atomic E-state index is 14.0. The van der Waals surface area contributed by atoms with Crippen LogP contribution < -0.4 is 5.32 Å². The molecule has 5 nitrogen and oxygen atoms in total. The fraction of sp³-hybridized carbons (Fsp3) is 0.500. The fourth-order valence-corrected chi connectivity index (χ4v) is 6.57. The molecule has 0 saturated heterocycles. The van der Waals surface area contributed by atoms with Crippen LogP contribution in [0.25, 0.3) is 10.2 Å². The van der Waals surface area contributed by atoms with Crippen LogP contribution in [-0.4, -0.2) is 32.9 Å². The molecule has 1 atom stereocenters. The molecule has 180 valence electrons. The van der Waals surface area contributed by atoms with Crippen LogP contribution in [-0.2, 0) is 24.3 Å². The Labute approximate surface area is 206 Å². The van der Waals surface area contributed by atoms with Crippen molar-refractivity contribution in [2.45, 2.75) is 90.4 Å². The van der Waals surface area contributed by atoms with Crippen molar-refractivity contribution in [3.05, 3.63) is 58.1 Å². The minimum atomic E-state index is -0.959. The van der Waals surface area contributed by atoms with Gasteiger partial charge < -0.3 is 14.8 Å². The lowest BCUT2D eigenvalue weighted by atomic mass is 9.92. The number of aromatic nitrogens is 1. The number of benzene rings is 1. The molecule has 1 N–H and O–H groups in total. The van der Waals surface area contributed by atoms with Gasteiger partial charge in [-0.1, -0.05) is 56.9 Å². The van der Waals surface area contributed by atoms with E-state index in [1.807, 2.05) is 30.0 Å². The summed E-state index contributed by atoms with van der Waals surface area (Å²) in [5.41, 5.74) is 3.03. The van der Waals surface area contributed by atoms with E-state index in [2.05, 4.69) is 41.9 Å². The standard InChI is InChI=1S/C28H35N3O2S/c1-4-22-15-23-25(34-22)16-24-26(32)31(17-20-12-10-9-11-19(20)2)28(3,18-30(23)24)27(33)29-21-13-7-5-6-8-14-21/h9-12,15-16,21H,4-8,13-14,17-18H2,1-3H3,(H,29,33). The van der Waals surface area contributed by atoms with Crippen molar-refractivity contribution in [3.63, 3.8) is 0 Å². The van der Waals surface area contributed by atoms with Crippen LogP contribution in [0.15, 0.2) is 36.4 Å². The Bertz CT molecular complexity index is 1220. The van der Waals surface area contributed by atoms with Gasteiger partial charge in [0, 0.05) is 17.5 Å². The zero-order valence-electron chi connectivity index (χ0n) is 20.5. The molecule has 2 amide bonds. The third-order valence-electron chi connectivity index (χ3n) is 7.78. The second kappa shape index (κ2) is 9.21. The molecule has 3 heterocycles. The molecular weight excluding hydrogens is 442 g/mol. The summed E-state index contributed by atoms with van der Waals surface area (Å²) in [4.78, 5) is 31.0. The molecule has 1 fully saturated rings. The summed E-state index contributed by atoms with van der Waals surface area (Å²) in [5, 5.41) is 3.36. The van der Waals surface area contributed by atoms with E-state index in [0.717, 1.165) is 53.4 Å². The molecule has 1 aliphatic heterocycles. The van der Waals surface area contributed by atoms with Gasteiger partial charge in [-0.3, -0.25) is 9.59 Å². The molecule has 34 heavy (non-hydrogen) atoms. The first-order valence-corrected chi connectivity index (χ1v) is 13.5. The van der Waals surface area contributed by atoms with Gasteiger partial charge in [0.25, 0.3) is 5.91 Å². The van der Waals surface area contributed by atoms with Crippen molar-refractivity contribution in [2.75, 3.05) is 0 Å². The van der Waals surface area contributed by atoms with E-state index in [1.54, 1.807) is 11.3 Å². The summed E-state index contributed by atoms with van der Waals surface area (Å²) in [6.45, 7) is 7.08. The molecule has 2 aliphatic rings. The molecule has 1 aromatic carbocycles. The lowest BCUT2D eigenvalue weighted by Crippen LogP contribution is -2.64. The van der Waals surface area contributed by atoms with Gasteiger partial charge in [0.1, 0.15) is 11.2 Å². The number of hydrogen-bond acceptors (Lipinski definition) is 3. The number of nitrogens with zero attached hydrogens (tertiary/aromatic N) is 2. The van der Waals surface area contributed by atoms with Gasteiger partial charge >= 0.3 is 0 Å². The molecule has 1 unspecified atom stereocenters. The van der Waals surface area contributed by atoms with Gasteiger partial charge in [-0.25, -0.2) is 0 Å². The number of hydrogen-bond donors (Lipinski definition) is 1. The summed E-state index contributed by atoms with van der Waals surface area (Å²) >= 11 is 1.75. The summed E-state index contributed by atoms with van der Waals surface area (Å²) < 4.78 is 3.22. The van der Waals surface area contributed by atoms with E-state index in [-0.39, 0.29) is 17.9 Å². The van der Waals surface area contributed by atoms with Gasteiger partial charge in [0.05, 0.1) is 16.8 Å². The predicted molar refractivity (Wildman–Crippen MR) is 138 cm³/mol. The number of carbonyl (C=O) groups is 2. The van der Waals surface area contributed by atoms with Crippen LogP contribution in [0.3, 0.4) is 0 Å². The molecule has 3 aromatic rings. The number of thiophene rings is 1. The van der Waals surface area contributed by atoms with E-state index in [9.17, 15) is 9.59 Å². The lowest BCUT2D eigenvalue weighted by Gasteiger charge is -2.45. The number of rotatable bonds is 5. The molecular formula is C28H35N3O2S. The van der Waals surface area contributed by atoms with Crippen LogP contribution in [0.1, 0.15) is 78.9 Å². The zero-order valence-corrected chi connectivity index (χ0v) is 21.3. The fourth-order valence-electron chi connectivity index (χ4n) is 5.53. The Kier molecular flexibility index (Phi) is 6.28. The van der Waals surface area contributed by atoms with Crippen LogP contribution in [0.5, 0.6) is 0 Å². The number of carbonyl (C=O) groups excluding carboxylic acids is 2. The first-order chi connectivity index (χ1) is 16.4. The minimum Gasteiger partial charge on any atom is -0.351 e. The van der Waals surface area contributed by atoms with E-state index in [4.69, 9.17) is 0 Å². The van der Waals surface area contributed by atoms with Crippen LogP contribution >= 0.6 is 11.3 Å². The van der Waals surface area contributed by atoms with Gasteiger partial charge in [0.15, 0.2) is 0 Å². The Hall–Kier alpha value is -2.60. The van der Waals surface area contributed by atoms with E-state index in [1.165, 1.54) is 17.7 Å². The zero-order chi connectivity index (χ0) is 23.9. The number of amides is 2. The van der Waals surface area contributed by atoms with Crippen LogP contribution in [0.2, 0.25) is 0 Å². The van der Waals surface area contributed by atoms with Crippen molar-refractivity contribution in [1.29, 1.82) is 0 Å². The molecule has 1 saturated carbocycles. The average molecular weight is 478 g/mol. The highest BCUT2D eigenvalue weighted by Crippen LogP contribution is 2.37. The first kappa shape index (κ1) is 23.2. The minimum absolute atomic E-state index is 0.0280. The maximum absolute atomic E-state index is 14.0. The smallest absolute Gasteiger partial charge is 0.271 e. The number of fused-ring (bicyclic) bond motifs is 3. The third kappa shape index (κ3) is 4.06. The third-order valence-corrected chi connectivity index (χ3v) is 9.00. The highest BCUT2D eigenvalue weighted by atomic mass is 32.1. The largest absolute Gasteiger partial charge is 0.351 e. The monoisotopic (exact) mass is 477 g/mol. The Morgan fingerprint density at radius 1 is 1.15 bits per heavy atom. The Morgan fingerprint density at radius 3 is 2.59 bits per heavy atom. The van der Waals surface area contributed by atoms with Crippen LogP contribution in [0, 0.1) is 6.92 Å². The van der Waals surface area contributed by atoms with Gasteiger partial charge in [0.2, 0.25) is 5.91 Å². The van der Waals surface area contributed by atoms with Crippen molar-refractivity contribution in [3.8, 4) is 0 Å². The van der Waals surface area contributed by atoms with Crippen molar-refractivity contribution < 1.29 is 9.59 Å². The van der Waals surface area contributed by atoms with Crippen molar-refractivity contribution in [2.24, 2.45) is 0 Å². The molecule has 5 rings (SSSR count). The summed E-state index contributed by atoms with van der Waals surface area (Å²) in [7, 11) is 0. The molecule has 0 spiro atoms. The Morgan fingerprint density at radius 2 is 1.88 bits per heavy atom. The van der Waals surface area contributed by atoms with Gasteiger partial charge in [-0.2, -0.15) is 0 Å². The molecule has 2 aromatic heterocycles. The second-order valence-corrected chi connectivity index (χ2v) is 11.4. The maximum Gasteiger partial charge on any atom is 0.271 e. The highest BCUT2D eigenvalue weighted by Gasteiger charge is 2.48. The molecule has 0 bridgehead atoms. The van der Waals surface area contributed by atoms with E-state index >= 15 is 0 Å². The summed E-state index contributed by atoms with van der Waals surface area (Å²) in [5.74, 6) is -0.0887. The lowest BCUT2D eigenvalue weighted by molar-refractivity contribution is -0.134. The first-order valence-electron chi connectivity index (χ1n) is 12.7. The average Bonchev–Trinajstić information content (AvgIpc) is 3.26. The topological polar surface area (TPSA) is 54.3 Å². The Balaban J connectivity index is 1.54. The normalized spacial score (nSPS) is 21.5. The van der Waals surface area contributed by atoms with Crippen molar-refractivity contribution >= 4 is 33.4 Å². The second-order valence-electron chi connectivity index (χ2n) is 10.2. The van der Waals surface area contributed by atoms with Gasteiger partial charge in [-0.05, 0) is 56.4 Å². The van der Waals surface area contributed by atoms with Gasteiger partial charge in [-0.15, -0.1) is 11.3 Å². The summed E-state index contributed by atoms with van der Waals surface area (Å²) in [6, 6.07) is 12.6. The number of aryl methyl sites for hydroxylation is 2. The summed E-state index contributed by atoms with van der Waals surface area (Å²) in [6.07, 6.45) is 7.82. The SMILES string of the molecule is CCc1cc2c(cc3n2CC(C)(C(=O)NC2CCCCCC2)N(Cc2ccccc2C)C3=O)s1. The molecule has 0 radical (unpaired) electrons. The molecule has 1 aliphatic carbocycles. The highest BCUT2D eigenvalue weighted by molar-refractivity contribution is 7.19. The van der Waals surface area contributed by atoms with E-state index in [0.29, 0.717) is 18.8 Å². The van der Waals surface area contributed by atoms with Crippen LogP contribution in [0.4, 0.5) is 0 Å².